The molecular formula is C29H35Cl2N3O2S. The van der Waals surface area contributed by atoms with E-state index < -0.39 is 0 Å². The Balaban J connectivity index is 1.08. The number of nitrogens with two attached hydrogens (primary N) is 1. The summed E-state index contributed by atoms with van der Waals surface area (Å²) in [6.45, 7) is 2.55. The summed E-state index contributed by atoms with van der Waals surface area (Å²) in [6, 6.07) is 12.2. The molecule has 0 aliphatic heterocycles. The summed E-state index contributed by atoms with van der Waals surface area (Å²) in [5.41, 5.74) is 10.0. The first-order valence-corrected chi connectivity index (χ1v) is 14.7. The lowest BCUT2D eigenvalue weighted by Crippen LogP contribution is -2.37. The summed E-state index contributed by atoms with van der Waals surface area (Å²) in [5, 5.41) is 7.00. The van der Waals surface area contributed by atoms with Gasteiger partial charge in [-0.2, -0.15) is 0 Å². The SMILES string of the molecule is Cc1cc(OCCCC(=O)NC2CCC(CCCc3ccc(Cl)c(Cl)c3)CC2)ccc1-c1csc(N)n1. The van der Waals surface area contributed by atoms with E-state index in [1.165, 1.54) is 36.2 Å². The summed E-state index contributed by atoms with van der Waals surface area (Å²) in [7, 11) is 0. The summed E-state index contributed by atoms with van der Waals surface area (Å²) >= 11 is 13.6. The van der Waals surface area contributed by atoms with Gasteiger partial charge < -0.3 is 15.8 Å². The Labute approximate surface area is 233 Å². The molecule has 198 valence electrons. The van der Waals surface area contributed by atoms with Crippen LogP contribution in [-0.4, -0.2) is 23.5 Å². The van der Waals surface area contributed by atoms with Crippen LogP contribution < -0.4 is 15.8 Å². The first kappa shape index (κ1) is 27.7. The lowest BCUT2D eigenvalue weighted by atomic mass is 9.83. The van der Waals surface area contributed by atoms with Crippen molar-refractivity contribution in [1.29, 1.82) is 0 Å². The van der Waals surface area contributed by atoms with Gasteiger partial charge in [0, 0.05) is 23.4 Å². The van der Waals surface area contributed by atoms with Crippen LogP contribution in [0.15, 0.2) is 41.8 Å². The van der Waals surface area contributed by atoms with Gasteiger partial charge in [0.2, 0.25) is 5.91 Å². The first-order chi connectivity index (χ1) is 17.9. The van der Waals surface area contributed by atoms with Crippen LogP contribution in [0.1, 0.15) is 62.5 Å². The number of anilines is 1. The number of thiazole rings is 1. The fourth-order valence-corrected chi connectivity index (χ4v) is 5.92. The molecule has 2 aromatic carbocycles. The van der Waals surface area contributed by atoms with E-state index in [0.29, 0.717) is 40.7 Å². The molecule has 3 N–H and O–H groups in total. The predicted molar refractivity (Wildman–Crippen MR) is 155 cm³/mol. The van der Waals surface area contributed by atoms with Crippen molar-refractivity contribution >= 4 is 45.6 Å². The van der Waals surface area contributed by atoms with Gasteiger partial charge in [0.05, 0.1) is 22.3 Å². The monoisotopic (exact) mass is 559 g/mol. The zero-order valence-corrected chi connectivity index (χ0v) is 23.6. The van der Waals surface area contributed by atoms with Crippen molar-refractivity contribution in [3.05, 3.63) is 63.0 Å². The Kier molecular flexibility index (Phi) is 10.1. The van der Waals surface area contributed by atoms with Gasteiger partial charge in [-0.05, 0) is 99.2 Å². The lowest BCUT2D eigenvalue weighted by Gasteiger charge is -2.29. The molecule has 37 heavy (non-hydrogen) atoms. The fourth-order valence-electron chi connectivity index (χ4n) is 5.03. The number of aromatic nitrogens is 1. The number of ether oxygens (including phenoxy) is 1. The zero-order valence-electron chi connectivity index (χ0n) is 21.3. The number of carbonyl (C=O) groups is 1. The van der Waals surface area contributed by atoms with Gasteiger partial charge >= 0.3 is 0 Å². The second kappa shape index (κ2) is 13.5. The van der Waals surface area contributed by atoms with Crippen LogP contribution >= 0.6 is 34.5 Å². The number of hydrogen-bond acceptors (Lipinski definition) is 5. The molecule has 1 fully saturated rings. The molecule has 1 aliphatic carbocycles. The third kappa shape index (κ3) is 8.36. The van der Waals surface area contributed by atoms with Crippen LogP contribution in [-0.2, 0) is 11.2 Å². The minimum absolute atomic E-state index is 0.124. The van der Waals surface area contributed by atoms with Gasteiger partial charge in [-0.15, -0.1) is 11.3 Å². The highest BCUT2D eigenvalue weighted by atomic mass is 35.5. The van der Waals surface area contributed by atoms with Crippen molar-refractivity contribution in [1.82, 2.24) is 10.3 Å². The zero-order chi connectivity index (χ0) is 26.2. The molecule has 0 spiro atoms. The summed E-state index contributed by atoms with van der Waals surface area (Å²) < 4.78 is 5.88. The Morgan fingerprint density at radius 1 is 1.11 bits per heavy atom. The van der Waals surface area contributed by atoms with Crippen LogP contribution in [0.2, 0.25) is 10.0 Å². The molecule has 1 aliphatic rings. The molecule has 0 radical (unpaired) electrons. The van der Waals surface area contributed by atoms with E-state index in [0.717, 1.165) is 54.2 Å². The van der Waals surface area contributed by atoms with Gasteiger partial charge in [-0.1, -0.05) is 35.7 Å². The molecule has 0 saturated heterocycles. The Hall–Kier alpha value is -2.28. The molecule has 1 amide bonds. The fraction of sp³-hybridized carbons (Fsp3) is 0.448. The van der Waals surface area contributed by atoms with E-state index >= 15 is 0 Å². The van der Waals surface area contributed by atoms with Crippen LogP contribution in [0.3, 0.4) is 0 Å². The van der Waals surface area contributed by atoms with Crippen LogP contribution in [0.4, 0.5) is 5.13 Å². The number of benzene rings is 2. The minimum Gasteiger partial charge on any atom is -0.494 e. The van der Waals surface area contributed by atoms with Crippen molar-refractivity contribution in [2.24, 2.45) is 5.92 Å². The Bertz CT molecular complexity index is 1190. The molecule has 0 atom stereocenters. The summed E-state index contributed by atoms with van der Waals surface area (Å²) in [4.78, 5) is 16.8. The number of nitrogens with one attached hydrogen (secondary N) is 1. The normalized spacial score (nSPS) is 17.5. The summed E-state index contributed by atoms with van der Waals surface area (Å²) in [5.74, 6) is 1.67. The molecule has 1 saturated carbocycles. The van der Waals surface area contributed by atoms with E-state index in [1.54, 1.807) is 0 Å². The van der Waals surface area contributed by atoms with Crippen molar-refractivity contribution in [2.45, 2.75) is 70.8 Å². The quantitative estimate of drug-likeness (QED) is 0.234. The second-order valence-corrected chi connectivity index (χ2v) is 11.6. The minimum atomic E-state index is 0.124. The molecule has 0 bridgehead atoms. The Morgan fingerprint density at radius 3 is 2.62 bits per heavy atom. The van der Waals surface area contributed by atoms with E-state index in [9.17, 15) is 4.79 Å². The van der Waals surface area contributed by atoms with Crippen LogP contribution in [0, 0.1) is 12.8 Å². The molecule has 3 aromatic rings. The number of carbonyl (C=O) groups excluding carboxylic acids is 1. The van der Waals surface area contributed by atoms with Crippen molar-refractivity contribution in [2.75, 3.05) is 12.3 Å². The van der Waals surface area contributed by atoms with E-state index in [4.69, 9.17) is 33.7 Å². The maximum absolute atomic E-state index is 12.4. The highest BCUT2D eigenvalue weighted by Crippen LogP contribution is 2.30. The molecule has 4 rings (SSSR count). The first-order valence-electron chi connectivity index (χ1n) is 13.1. The standard InChI is InChI=1S/C29H35Cl2N3O2S/c1-19-16-23(12-13-24(19)27-18-37-29(32)34-27)36-15-3-6-28(35)33-22-10-7-20(8-11-22)4-2-5-21-9-14-25(30)26(31)17-21/h9,12-14,16-18,20,22H,2-8,10-11,15H2,1H3,(H2,32,34)(H,33,35). The van der Waals surface area contributed by atoms with Crippen LogP contribution in [0.25, 0.3) is 11.3 Å². The molecule has 1 heterocycles. The molecule has 5 nitrogen and oxygen atoms in total. The third-order valence-corrected chi connectivity index (χ3v) is 8.50. The van der Waals surface area contributed by atoms with Gasteiger partial charge in [-0.3, -0.25) is 4.79 Å². The van der Waals surface area contributed by atoms with E-state index in [-0.39, 0.29) is 5.91 Å². The largest absolute Gasteiger partial charge is 0.494 e. The van der Waals surface area contributed by atoms with Crippen molar-refractivity contribution in [3.8, 4) is 17.0 Å². The topological polar surface area (TPSA) is 77.2 Å². The number of hydrogen-bond donors (Lipinski definition) is 2. The number of aryl methyl sites for hydroxylation is 2. The maximum atomic E-state index is 12.4. The van der Waals surface area contributed by atoms with E-state index in [2.05, 4.69) is 16.4 Å². The maximum Gasteiger partial charge on any atom is 0.220 e. The van der Waals surface area contributed by atoms with Gasteiger partial charge in [0.15, 0.2) is 5.13 Å². The number of nitrogens with zero attached hydrogens (tertiary/aromatic N) is 1. The number of amides is 1. The highest BCUT2D eigenvalue weighted by Gasteiger charge is 2.22. The third-order valence-electron chi connectivity index (χ3n) is 7.09. The average Bonchev–Trinajstić information content (AvgIpc) is 3.31. The highest BCUT2D eigenvalue weighted by molar-refractivity contribution is 7.13. The van der Waals surface area contributed by atoms with Crippen molar-refractivity contribution in [3.63, 3.8) is 0 Å². The Morgan fingerprint density at radius 2 is 1.92 bits per heavy atom. The summed E-state index contributed by atoms with van der Waals surface area (Å²) in [6.07, 6.45) is 9.07. The molecule has 1 aromatic heterocycles. The molecular weight excluding hydrogens is 525 g/mol. The van der Waals surface area contributed by atoms with Gasteiger partial charge in [0.25, 0.3) is 0 Å². The molecule has 0 unspecified atom stereocenters. The van der Waals surface area contributed by atoms with Gasteiger partial charge in [0.1, 0.15) is 5.75 Å². The van der Waals surface area contributed by atoms with E-state index in [1.807, 2.05) is 42.6 Å². The van der Waals surface area contributed by atoms with Gasteiger partial charge in [-0.25, -0.2) is 4.98 Å². The number of nitrogen functional groups attached to an aromatic ring is 1. The average molecular weight is 561 g/mol. The number of halogens is 2. The predicted octanol–water partition coefficient (Wildman–Crippen LogP) is 7.86. The molecule has 8 heteroatoms. The number of rotatable bonds is 11. The second-order valence-electron chi connectivity index (χ2n) is 9.93. The van der Waals surface area contributed by atoms with Crippen LogP contribution in [0.5, 0.6) is 5.75 Å². The smallest absolute Gasteiger partial charge is 0.220 e. The lowest BCUT2D eigenvalue weighted by molar-refractivity contribution is -0.122. The van der Waals surface area contributed by atoms with Crippen molar-refractivity contribution < 1.29 is 9.53 Å².